The van der Waals surface area contributed by atoms with Crippen LogP contribution in [0.4, 0.5) is 14.6 Å². The van der Waals surface area contributed by atoms with Gasteiger partial charge < -0.3 is 5.73 Å². The number of halogens is 3. The van der Waals surface area contributed by atoms with Gasteiger partial charge in [-0.15, -0.1) is 0 Å². The van der Waals surface area contributed by atoms with Gasteiger partial charge in [0.1, 0.15) is 29.2 Å². The highest BCUT2D eigenvalue weighted by Gasteiger charge is 2.34. The van der Waals surface area contributed by atoms with Gasteiger partial charge in [0.2, 0.25) is 5.82 Å². The molecule has 2 N–H and O–H groups in total. The number of aromatic nitrogens is 2. The minimum atomic E-state index is -3.00. The fraction of sp³-hybridized carbons (Fsp3) is 0.231. The summed E-state index contributed by atoms with van der Waals surface area (Å²) < 4.78 is 28.8. The Morgan fingerprint density at radius 1 is 1.43 bits per heavy atom. The van der Waals surface area contributed by atoms with E-state index in [0.717, 1.165) is 17.0 Å². The summed E-state index contributed by atoms with van der Waals surface area (Å²) in [4.78, 5) is 0. The standard InChI is InChI=1S/C13H12BBrF2N4/c1-7(13(14,16)17)21-12(19)10(6-18)11(20-21)8-2-4-9(15)5-3-8/h2-5,7H,14,19H2,1H3. The molecule has 0 saturated heterocycles. The van der Waals surface area contributed by atoms with Gasteiger partial charge in [-0.3, -0.25) is 0 Å². The monoisotopic (exact) mass is 352 g/mol. The lowest BCUT2D eigenvalue weighted by atomic mass is 9.92. The number of nitrogens with zero attached hydrogens (tertiary/aromatic N) is 3. The molecule has 0 aliphatic carbocycles. The first kappa shape index (κ1) is 15.5. The lowest BCUT2D eigenvalue weighted by molar-refractivity contribution is 0.0378. The van der Waals surface area contributed by atoms with Crippen molar-refractivity contribution in [2.75, 3.05) is 5.73 Å². The molecule has 1 unspecified atom stereocenters. The summed E-state index contributed by atoms with van der Waals surface area (Å²) >= 11 is 3.31. The van der Waals surface area contributed by atoms with Crippen molar-refractivity contribution in [2.45, 2.75) is 18.8 Å². The van der Waals surface area contributed by atoms with Crippen LogP contribution >= 0.6 is 15.9 Å². The Morgan fingerprint density at radius 3 is 2.48 bits per heavy atom. The van der Waals surface area contributed by atoms with E-state index in [1.54, 1.807) is 24.3 Å². The van der Waals surface area contributed by atoms with Crippen molar-refractivity contribution < 1.29 is 8.78 Å². The number of anilines is 1. The van der Waals surface area contributed by atoms with Gasteiger partial charge in [-0.25, -0.2) is 13.5 Å². The van der Waals surface area contributed by atoms with E-state index >= 15 is 0 Å². The normalized spacial score (nSPS) is 12.9. The molecule has 0 saturated carbocycles. The number of benzene rings is 1. The molecule has 2 rings (SSSR count). The Kier molecular flexibility index (Phi) is 4.05. The molecule has 108 valence electrons. The van der Waals surface area contributed by atoms with Crippen LogP contribution in [0.15, 0.2) is 28.7 Å². The number of nitrogen functional groups attached to an aromatic ring is 1. The molecule has 2 aromatic rings. The summed E-state index contributed by atoms with van der Waals surface area (Å²) in [6.45, 7) is 1.32. The first-order chi connectivity index (χ1) is 9.75. The quantitative estimate of drug-likeness (QED) is 0.863. The minimum absolute atomic E-state index is 0.0514. The van der Waals surface area contributed by atoms with E-state index in [4.69, 9.17) is 5.73 Å². The van der Waals surface area contributed by atoms with E-state index in [2.05, 4.69) is 21.0 Å². The maximum absolute atomic E-state index is 13.5. The van der Waals surface area contributed by atoms with Gasteiger partial charge in [-0.05, 0) is 19.1 Å². The second-order valence-electron chi connectivity index (χ2n) is 4.80. The third kappa shape index (κ3) is 2.93. The van der Waals surface area contributed by atoms with E-state index in [1.807, 2.05) is 6.07 Å². The average molecular weight is 353 g/mol. The molecule has 0 aliphatic rings. The van der Waals surface area contributed by atoms with Gasteiger partial charge in [-0.1, -0.05) is 28.1 Å². The lowest BCUT2D eigenvalue weighted by Gasteiger charge is -2.21. The molecular formula is C13H12BBrF2N4. The number of alkyl halides is 2. The van der Waals surface area contributed by atoms with Gasteiger partial charge >= 0.3 is 0 Å². The molecule has 21 heavy (non-hydrogen) atoms. The molecule has 1 aromatic carbocycles. The first-order valence-corrected chi connectivity index (χ1v) is 6.97. The maximum Gasteiger partial charge on any atom is 0.228 e. The van der Waals surface area contributed by atoms with Crippen molar-refractivity contribution in [3.05, 3.63) is 34.3 Å². The molecule has 0 radical (unpaired) electrons. The van der Waals surface area contributed by atoms with Crippen molar-refractivity contribution in [3.63, 3.8) is 0 Å². The van der Waals surface area contributed by atoms with Crippen LogP contribution in [0.3, 0.4) is 0 Å². The zero-order valence-electron chi connectivity index (χ0n) is 11.4. The molecule has 0 fully saturated rings. The van der Waals surface area contributed by atoms with Crippen LogP contribution in [0, 0.1) is 11.3 Å². The van der Waals surface area contributed by atoms with Crippen molar-refractivity contribution in [1.29, 1.82) is 5.26 Å². The molecule has 1 aromatic heterocycles. The van der Waals surface area contributed by atoms with Gasteiger partial charge in [0.15, 0.2) is 7.85 Å². The van der Waals surface area contributed by atoms with E-state index in [1.165, 1.54) is 6.92 Å². The third-order valence-corrected chi connectivity index (χ3v) is 3.81. The second kappa shape index (κ2) is 5.49. The van der Waals surface area contributed by atoms with E-state index in [-0.39, 0.29) is 11.4 Å². The summed E-state index contributed by atoms with van der Waals surface area (Å²) in [6.07, 6.45) is 0. The van der Waals surface area contributed by atoms with Gasteiger partial charge in [-0.2, -0.15) is 10.4 Å². The molecule has 4 nitrogen and oxygen atoms in total. The smallest absolute Gasteiger partial charge is 0.228 e. The molecule has 1 atom stereocenters. The van der Waals surface area contributed by atoms with Gasteiger partial charge in [0, 0.05) is 10.0 Å². The Balaban J connectivity index is 2.59. The molecule has 0 amide bonds. The molecule has 0 bridgehead atoms. The van der Waals surface area contributed by atoms with Crippen LogP contribution in [0.2, 0.25) is 0 Å². The lowest BCUT2D eigenvalue weighted by Crippen LogP contribution is -2.30. The van der Waals surface area contributed by atoms with Crippen molar-refractivity contribution in [3.8, 4) is 17.3 Å². The Labute approximate surface area is 130 Å². The SMILES string of the molecule is BC(F)(F)C(C)n1nc(-c2ccc(Br)cc2)c(C#N)c1N. The highest BCUT2D eigenvalue weighted by Crippen LogP contribution is 2.33. The van der Waals surface area contributed by atoms with Crippen LogP contribution in [0.5, 0.6) is 0 Å². The van der Waals surface area contributed by atoms with Gasteiger partial charge in [0.25, 0.3) is 0 Å². The second-order valence-corrected chi connectivity index (χ2v) is 5.72. The topological polar surface area (TPSA) is 67.6 Å². The van der Waals surface area contributed by atoms with Gasteiger partial charge in [0.05, 0.1) is 0 Å². The van der Waals surface area contributed by atoms with Crippen LogP contribution in [0.25, 0.3) is 11.3 Å². The number of hydrogen-bond donors (Lipinski definition) is 1. The summed E-state index contributed by atoms with van der Waals surface area (Å²) in [7, 11) is 0.796. The van der Waals surface area contributed by atoms with E-state index in [0.29, 0.717) is 11.3 Å². The Hall–Kier alpha value is -1.88. The largest absolute Gasteiger partial charge is 0.383 e. The maximum atomic E-state index is 13.5. The van der Waals surface area contributed by atoms with Crippen LogP contribution in [-0.2, 0) is 0 Å². The molecular weight excluding hydrogens is 341 g/mol. The van der Waals surface area contributed by atoms with E-state index < -0.39 is 11.9 Å². The van der Waals surface area contributed by atoms with E-state index in [9.17, 15) is 14.0 Å². The Morgan fingerprint density at radius 2 is 2.00 bits per heavy atom. The third-order valence-electron chi connectivity index (χ3n) is 3.28. The van der Waals surface area contributed by atoms with Crippen LogP contribution in [0.1, 0.15) is 18.5 Å². The summed E-state index contributed by atoms with van der Waals surface area (Å²) in [6, 6.07) is 7.74. The predicted molar refractivity (Wildman–Crippen MR) is 82.7 cm³/mol. The highest BCUT2D eigenvalue weighted by molar-refractivity contribution is 9.10. The molecule has 8 heteroatoms. The van der Waals surface area contributed by atoms with Crippen molar-refractivity contribution in [1.82, 2.24) is 9.78 Å². The number of rotatable bonds is 3. The number of nitriles is 1. The predicted octanol–water partition coefficient (Wildman–Crippen LogP) is 2.55. The summed E-state index contributed by atoms with van der Waals surface area (Å²) in [5.74, 6) is -3.05. The Bertz CT molecular complexity index is 701. The number of hydrogen-bond acceptors (Lipinski definition) is 3. The fourth-order valence-electron chi connectivity index (χ4n) is 1.88. The highest BCUT2D eigenvalue weighted by atomic mass is 79.9. The fourth-order valence-corrected chi connectivity index (χ4v) is 2.14. The average Bonchev–Trinajstić information content (AvgIpc) is 2.74. The molecule has 0 spiro atoms. The van der Waals surface area contributed by atoms with Crippen LogP contribution < -0.4 is 5.73 Å². The zero-order valence-corrected chi connectivity index (χ0v) is 13.0. The molecule has 0 aliphatic heterocycles. The molecule has 1 heterocycles. The first-order valence-electron chi connectivity index (χ1n) is 6.17. The van der Waals surface area contributed by atoms with Crippen molar-refractivity contribution in [2.24, 2.45) is 0 Å². The van der Waals surface area contributed by atoms with Crippen LogP contribution in [-0.4, -0.2) is 23.4 Å². The zero-order chi connectivity index (χ0) is 15.8. The minimum Gasteiger partial charge on any atom is -0.383 e. The summed E-state index contributed by atoms with van der Waals surface area (Å²) in [5, 5.41) is 13.4. The number of nitrogens with two attached hydrogens (primary N) is 1. The summed E-state index contributed by atoms with van der Waals surface area (Å²) in [5.41, 5.74) is 6.87. The van der Waals surface area contributed by atoms with Crippen molar-refractivity contribution >= 4 is 29.6 Å².